The van der Waals surface area contributed by atoms with Crippen LogP contribution in [0.3, 0.4) is 0 Å². The predicted molar refractivity (Wildman–Crippen MR) is 167 cm³/mol. The molecule has 8 nitrogen and oxygen atoms in total. The van der Waals surface area contributed by atoms with Crippen LogP contribution in [0, 0.1) is 5.92 Å². The standard InChI is InChI=1S/C34H38N4O4/c1-23-19-38(24(2)22-39)33(40)29-18-27(35-34(41)36-30-15-9-13-26-12-7-8-14-28(26)30)16-17-31(29)42-32(23)21-37(3)20-25-10-5-4-6-11-25/h4-18,23-24,32,39H,19-22H2,1-3H3,(H2,35,36,41)/t23-,24-,32-/m0/s1. The van der Waals surface area contributed by atoms with Gasteiger partial charge >= 0.3 is 6.03 Å². The topological polar surface area (TPSA) is 94.1 Å². The maximum atomic E-state index is 13.8. The fourth-order valence-electron chi connectivity index (χ4n) is 5.40. The predicted octanol–water partition coefficient (Wildman–Crippen LogP) is 5.84. The van der Waals surface area contributed by atoms with Crippen molar-refractivity contribution in [3.05, 3.63) is 102 Å². The SMILES string of the molecule is C[C@H]1CN([C@@H](C)CO)C(=O)c2cc(NC(=O)Nc3cccc4ccccc34)ccc2O[C@H]1CN(C)Cc1ccccc1. The van der Waals surface area contributed by atoms with Gasteiger partial charge in [-0.15, -0.1) is 0 Å². The number of urea groups is 1. The van der Waals surface area contributed by atoms with E-state index in [4.69, 9.17) is 4.74 Å². The number of anilines is 2. The first-order chi connectivity index (χ1) is 20.3. The Morgan fingerprint density at radius 1 is 1.02 bits per heavy atom. The molecule has 1 aliphatic heterocycles. The van der Waals surface area contributed by atoms with Crippen LogP contribution in [0.4, 0.5) is 16.2 Å². The van der Waals surface area contributed by atoms with Crippen LogP contribution in [0.2, 0.25) is 0 Å². The van der Waals surface area contributed by atoms with E-state index in [1.165, 1.54) is 5.56 Å². The van der Waals surface area contributed by atoms with Crippen LogP contribution >= 0.6 is 0 Å². The number of hydrogen-bond donors (Lipinski definition) is 3. The number of hydrogen-bond acceptors (Lipinski definition) is 5. The molecule has 1 heterocycles. The van der Waals surface area contributed by atoms with Gasteiger partial charge in [0.2, 0.25) is 0 Å². The summed E-state index contributed by atoms with van der Waals surface area (Å²) in [5, 5.41) is 17.7. The lowest BCUT2D eigenvalue weighted by atomic mass is 9.99. The van der Waals surface area contributed by atoms with Crippen LogP contribution in [-0.2, 0) is 6.54 Å². The van der Waals surface area contributed by atoms with Crippen LogP contribution < -0.4 is 15.4 Å². The first-order valence-electron chi connectivity index (χ1n) is 14.3. The van der Waals surface area contributed by atoms with Crippen LogP contribution in [0.1, 0.15) is 29.8 Å². The van der Waals surface area contributed by atoms with E-state index < -0.39 is 6.03 Å². The zero-order chi connectivity index (χ0) is 29.6. The highest BCUT2D eigenvalue weighted by Gasteiger charge is 2.33. The van der Waals surface area contributed by atoms with Gasteiger partial charge in [0.1, 0.15) is 11.9 Å². The van der Waals surface area contributed by atoms with Gasteiger partial charge in [-0.2, -0.15) is 0 Å². The second-order valence-electron chi connectivity index (χ2n) is 11.1. The van der Waals surface area contributed by atoms with E-state index >= 15 is 0 Å². The second-order valence-corrected chi connectivity index (χ2v) is 11.1. The van der Waals surface area contributed by atoms with Gasteiger partial charge in [-0.25, -0.2) is 4.79 Å². The van der Waals surface area contributed by atoms with Crippen LogP contribution in [0.5, 0.6) is 5.75 Å². The quantitative estimate of drug-likeness (QED) is 0.249. The van der Waals surface area contributed by atoms with E-state index in [-0.39, 0.29) is 30.6 Å². The number of aliphatic hydroxyl groups excluding tert-OH is 1. The molecule has 0 aromatic heterocycles. The van der Waals surface area contributed by atoms with Crippen molar-refractivity contribution in [1.82, 2.24) is 9.80 Å². The van der Waals surface area contributed by atoms with Gasteiger partial charge in [-0.05, 0) is 49.2 Å². The minimum Gasteiger partial charge on any atom is -0.488 e. The molecule has 4 aromatic carbocycles. The maximum Gasteiger partial charge on any atom is 0.323 e. The van der Waals surface area contributed by atoms with Crippen LogP contribution in [0.25, 0.3) is 10.8 Å². The molecule has 0 saturated carbocycles. The summed E-state index contributed by atoms with van der Waals surface area (Å²) < 4.78 is 6.51. The van der Waals surface area contributed by atoms with E-state index in [2.05, 4.69) is 41.6 Å². The van der Waals surface area contributed by atoms with Crippen molar-refractivity contribution >= 4 is 34.1 Å². The summed E-state index contributed by atoms with van der Waals surface area (Å²) >= 11 is 0. The molecule has 3 amide bonds. The fourth-order valence-corrected chi connectivity index (χ4v) is 5.40. The van der Waals surface area contributed by atoms with Crippen molar-refractivity contribution in [2.75, 3.05) is 37.4 Å². The molecule has 42 heavy (non-hydrogen) atoms. The number of nitrogens with one attached hydrogen (secondary N) is 2. The fraction of sp³-hybridized carbons (Fsp3) is 0.294. The number of likely N-dealkylation sites (N-methyl/N-ethyl adjacent to an activating group) is 1. The molecular weight excluding hydrogens is 528 g/mol. The van der Waals surface area contributed by atoms with Gasteiger partial charge in [-0.3, -0.25) is 9.69 Å². The zero-order valence-electron chi connectivity index (χ0n) is 24.3. The lowest BCUT2D eigenvalue weighted by Crippen LogP contribution is -2.49. The number of fused-ring (bicyclic) bond motifs is 2. The molecule has 8 heteroatoms. The van der Waals surface area contributed by atoms with Gasteiger partial charge in [0, 0.05) is 36.6 Å². The Bertz CT molecular complexity index is 1540. The molecule has 0 unspecified atom stereocenters. The van der Waals surface area contributed by atoms with E-state index in [1.807, 2.05) is 67.6 Å². The Kier molecular flexibility index (Phi) is 9.05. The smallest absolute Gasteiger partial charge is 0.323 e. The molecule has 5 rings (SSSR count). The molecule has 0 aliphatic carbocycles. The average molecular weight is 567 g/mol. The normalized spacial score (nSPS) is 17.6. The van der Waals surface area contributed by atoms with E-state index in [0.717, 1.165) is 17.3 Å². The average Bonchev–Trinajstić information content (AvgIpc) is 2.99. The number of benzene rings is 4. The van der Waals surface area contributed by atoms with Crippen molar-refractivity contribution in [3.8, 4) is 5.75 Å². The first kappa shape index (κ1) is 29.1. The van der Waals surface area contributed by atoms with Crippen molar-refractivity contribution in [1.29, 1.82) is 0 Å². The summed E-state index contributed by atoms with van der Waals surface area (Å²) in [7, 11) is 2.06. The number of carbonyl (C=O) groups excluding carboxylic acids is 2. The molecule has 0 fully saturated rings. The summed E-state index contributed by atoms with van der Waals surface area (Å²) in [5.41, 5.74) is 2.71. The van der Waals surface area contributed by atoms with Gasteiger partial charge in [0.15, 0.2) is 0 Å². The first-order valence-corrected chi connectivity index (χ1v) is 14.3. The number of nitrogens with zero attached hydrogens (tertiary/aromatic N) is 2. The molecule has 0 bridgehead atoms. The minimum atomic E-state index is -0.417. The monoisotopic (exact) mass is 566 g/mol. The molecule has 0 saturated heterocycles. The molecule has 4 aromatic rings. The molecule has 3 N–H and O–H groups in total. The highest BCUT2D eigenvalue weighted by Crippen LogP contribution is 2.31. The second kappa shape index (κ2) is 13.1. The van der Waals surface area contributed by atoms with Gasteiger partial charge in [0.25, 0.3) is 5.91 Å². The highest BCUT2D eigenvalue weighted by atomic mass is 16.5. The summed E-state index contributed by atoms with van der Waals surface area (Å²) in [4.78, 5) is 30.7. The third-order valence-electron chi connectivity index (χ3n) is 7.75. The lowest BCUT2D eigenvalue weighted by Gasteiger charge is -2.38. The van der Waals surface area contributed by atoms with E-state index in [1.54, 1.807) is 23.1 Å². The number of carbonyl (C=O) groups is 2. The summed E-state index contributed by atoms with van der Waals surface area (Å²) in [6, 6.07) is 28.2. The Labute approximate surface area is 246 Å². The molecular formula is C34H38N4O4. The Balaban J connectivity index is 1.37. The zero-order valence-corrected chi connectivity index (χ0v) is 24.3. The largest absolute Gasteiger partial charge is 0.488 e. The number of rotatable bonds is 8. The summed E-state index contributed by atoms with van der Waals surface area (Å²) in [5.74, 6) is 0.228. The Hall–Kier alpha value is -4.40. The van der Waals surface area contributed by atoms with Crippen molar-refractivity contribution < 1.29 is 19.4 Å². The Morgan fingerprint density at radius 2 is 1.76 bits per heavy atom. The number of aliphatic hydroxyl groups is 1. The van der Waals surface area contributed by atoms with Crippen molar-refractivity contribution in [2.24, 2.45) is 5.92 Å². The Morgan fingerprint density at radius 3 is 2.55 bits per heavy atom. The molecule has 0 radical (unpaired) electrons. The third-order valence-corrected chi connectivity index (χ3v) is 7.75. The van der Waals surface area contributed by atoms with Crippen molar-refractivity contribution in [3.63, 3.8) is 0 Å². The van der Waals surface area contributed by atoms with Crippen LogP contribution in [0.15, 0.2) is 91.0 Å². The third kappa shape index (κ3) is 6.73. The molecule has 218 valence electrons. The maximum absolute atomic E-state index is 13.8. The van der Waals surface area contributed by atoms with Crippen molar-refractivity contribution in [2.45, 2.75) is 32.5 Å². The van der Waals surface area contributed by atoms with E-state index in [9.17, 15) is 14.7 Å². The molecule has 1 aliphatic rings. The van der Waals surface area contributed by atoms with E-state index in [0.29, 0.717) is 35.8 Å². The highest BCUT2D eigenvalue weighted by molar-refractivity contribution is 6.07. The van der Waals surface area contributed by atoms with Gasteiger partial charge < -0.3 is 25.4 Å². The van der Waals surface area contributed by atoms with Gasteiger partial charge in [0.05, 0.1) is 23.9 Å². The number of ether oxygens (including phenoxy) is 1. The number of amides is 3. The van der Waals surface area contributed by atoms with Gasteiger partial charge in [-0.1, -0.05) is 73.7 Å². The lowest BCUT2D eigenvalue weighted by molar-refractivity contribution is 0.0341. The summed E-state index contributed by atoms with van der Waals surface area (Å²) in [6.07, 6.45) is -0.201. The summed E-state index contributed by atoms with van der Waals surface area (Å²) in [6.45, 7) is 5.61. The van der Waals surface area contributed by atoms with Crippen LogP contribution in [-0.4, -0.2) is 65.7 Å². The molecule has 0 spiro atoms. The molecule has 3 atom stereocenters. The minimum absolute atomic E-state index is 0.0126.